The minimum absolute atomic E-state index is 0.639. The standard InChI is InChI=1S/C14H17N3/c1-11-4-2-3-5-13(11)8-14-16-9-12(6-7-15)10-17-14/h2-5,9-10H,6-8,15H2,1H3. The van der Waals surface area contributed by atoms with Crippen molar-refractivity contribution in [2.45, 2.75) is 19.8 Å². The highest BCUT2D eigenvalue weighted by atomic mass is 14.9. The molecule has 1 aromatic carbocycles. The van der Waals surface area contributed by atoms with E-state index in [1.807, 2.05) is 24.5 Å². The molecule has 2 N–H and O–H groups in total. The van der Waals surface area contributed by atoms with E-state index >= 15 is 0 Å². The summed E-state index contributed by atoms with van der Waals surface area (Å²) in [7, 11) is 0. The van der Waals surface area contributed by atoms with Crippen LogP contribution in [0.3, 0.4) is 0 Å². The number of benzene rings is 1. The number of aromatic nitrogens is 2. The van der Waals surface area contributed by atoms with E-state index in [4.69, 9.17) is 5.73 Å². The highest BCUT2D eigenvalue weighted by Gasteiger charge is 2.02. The Balaban J connectivity index is 2.11. The van der Waals surface area contributed by atoms with Gasteiger partial charge < -0.3 is 5.73 Å². The zero-order valence-corrected chi connectivity index (χ0v) is 10.1. The van der Waals surface area contributed by atoms with Gasteiger partial charge in [-0.25, -0.2) is 9.97 Å². The Morgan fingerprint density at radius 1 is 1.12 bits per heavy atom. The fraction of sp³-hybridized carbons (Fsp3) is 0.286. The Hall–Kier alpha value is -1.74. The van der Waals surface area contributed by atoms with Gasteiger partial charge in [0.2, 0.25) is 0 Å². The summed E-state index contributed by atoms with van der Waals surface area (Å²) < 4.78 is 0. The van der Waals surface area contributed by atoms with E-state index in [2.05, 4.69) is 29.0 Å². The lowest BCUT2D eigenvalue weighted by Gasteiger charge is -2.05. The lowest BCUT2D eigenvalue weighted by Crippen LogP contribution is -2.05. The molecule has 0 amide bonds. The minimum atomic E-state index is 0.639. The first-order valence-corrected chi connectivity index (χ1v) is 5.84. The Morgan fingerprint density at radius 2 is 1.82 bits per heavy atom. The highest BCUT2D eigenvalue weighted by Crippen LogP contribution is 2.10. The molecule has 2 rings (SSSR count). The van der Waals surface area contributed by atoms with Crippen molar-refractivity contribution >= 4 is 0 Å². The molecule has 3 heteroatoms. The fourth-order valence-electron chi connectivity index (χ4n) is 1.75. The molecule has 1 heterocycles. The second-order valence-corrected chi connectivity index (χ2v) is 4.15. The molecule has 0 aliphatic rings. The first-order chi connectivity index (χ1) is 8.29. The molecular formula is C14H17N3. The van der Waals surface area contributed by atoms with Gasteiger partial charge in [0.05, 0.1) is 0 Å². The highest BCUT2D eigenvalue weighted by molar-refractivity contribution is 5.28. The second-order valence-electron chi connectivity index (χ2n) is 4.15. The van der Waals surface area contributed by atoms with E-state index < -0.39 is 0 Å². The SMILES string of the molecule is Cc1ccccc1Cc1ncc(CCN)cn1. The van der Waals surface area contributed by atoms with Crippen LogP contribution in [-0.4, -0.2) is 16.5 Å². The Morgan fingerprint density at radius 3 is 2.47 bits per heavy atom. The van der Waals surface area contributed by atoms with Crippen LogP contribution in [0.25, 0.3) is 0 Å². The van der Waals surface area contributed by atoms with Gasteiger partial charge in [0.1, 0.15) is 5.82 Å². The van der Waals surface area contributed by atoms with Crippen LogP contribution in [0.15, 0.2) is 36.7 Å². The van der Waals surface area contributed by atoms with Crippen LogP contribution in [0.4, 0.5) is 0 Å². The quantitative estimate of drug-likeness (QED) is 0.867. The third-order valence-corrected chi connectivity index (χ3v) is 2.80. The number of hydrogen-bond donors (Lipinski definition) is 1. The molecule has 88 valence electrons. The van der Waals surface area contributed by atoms with Gasteiger partial charge in [-0.05, 0) is 36.6 Å². The van der Waals surface area contributed by atoms with Gasteiger partial charge in [-0.3, -0.25) is 0 Å². The maximum atomic E-state index is 5.49. The predicted molar refractivity (Wildman–Crippen MR) is 68.8 cm³/mol. The van der Waals surface area contributed by atoms with Gasteiger partial charge in [-0.2, -0.15) is 0 Å². The molecule has 0 unspecified atom stereocenters. The zero-order valence-electron chi connectivity index (χ0n) is 10.1. The molecule has 0 radical (unpaired) electrons. The molecule has 0 aliphatic heterocycles. The summed E-state index contributed by atoms with van der Waals surface area (Å²) in [5.41, 5.74) is 9.14. The lowest BCUT2D eigenvalue weighted by atomic mass is 10.1. The third-order valence-electron chi connectivity index (χ3n) is 2.80. The molecule has 0 spiro atoms. The smallest absolute Gasteiger partial charge is 0.132 e. The van der Waals surface area contributed by atoms with Gasteiger partial charge >= 0.3 is 0 Å². The van der Waals surface area contributed by atoms with Gasteiger partial charge in [0.15, 0.2) is 0 Å². The molecule has 0 bridgehead atoms. The Labute approximate surface area is 102 Å². The van der Waals surface area contributed by atoms with Crippen LogP contribution in [0.2, 0.25) is 0 Å². The molecular weight excluding hydrogens is 210 g/mol. The third kappa shape index (κ3) is 3.11. The fourth-order valence-corrected chi connectivity index (χ4v) is 1.75. The van der Waals surface area contributed by atoms with Gasteiger partial charge in [-0.1, -0.05) is 24.3 Å². The molecule has 1 aromatic heterocycles. The summed E-state index contributed by atoms with van der Waals surface area (Å²) in [6, 6.07) is 8.32. The largest absolute Gasteiger partial charge is 0.330 e. The number of rotatable bonds is 4. The van der Waals surface area contributed by atoms with Crippen molar-refractivity contribution in [2.75, 3.05) is 6.54 Å². The van der Waals surface area contributed by atoms with Crippen LogP contribution in [0.5, 0.6) is 0 Å². The van der Waals surface area contributed by atoms with E-state index in [0.29, 0.717) is 6.54 Å². The summed E-state index contributed by atoms with van der Waals surface area (Å²) in [5, 5.41) is 0. The van der Waals surface area contributed by atoms with Crippen molar-refractivity contribution < 1.29 is 0 Å². The summed E-state index contributed by atoms with van der Waals surface area (Å²) >= 11 is 0. The van der Waals surface area contributed by atoms with Crippen molar-refractivity contribution in [3.8, 4) is 0 Å². The van der Waals surface area contributed by atoms with Gasteiger partial charge in [-0.15, -0.1) is 0 Å². The molecule has 0 saturated heterocycles. The lowest BCUT2D eigenvalue weighted by molar-refractivity contribution is 0.899. The van der Waals surface area contributed by atoms with E-state index in [0.717, 1.165) is 24.2 Å². The predicted octanol–water partition coefficient (Wildman–Crippen LogP) is 1.88. The van der Waals surface area contributed by atoms with Crippen LogP contribution < -0.4 is 5.73 Å². The van der Waals surface area contributed by atoms with Crippen LogP contribution in [0.1, 0.15) is 22.5 Å². The average molecular weight is 227 g/mol. The number of nitrogens with two attached hydrogens (primary N) is 1. The van der Waals surface area contributed by atoms with Gasteiger partial charge in [0, 0.05) is 18.8 Å². The second kappa shape index (κ2) is 5.55. The average Bonchev–Trinajstić information content (AvgIpc) is 2.35. The Kier molecular flexibility index (Phi) is 3.83. The number of aryl methyl sites for hydroxylation is 1. The molecule has 0 aliphatic carbocycles. The molecule has 0 saturated carbocycles. The van der Waals surface area contributed by atoms with Crippen molar-refractivity contribution in [1.29, 1.82) is 0 Å². The normalized spacial score (nSPS) is 10.5. The summed E-state index contributed by atoms with van der Waals surface area (Å²) in [5.74, 6) is 0.861. The monoisotopic (exact) mass is 227 g/mol. The summed E-state index contributed by atoms with van der Waals surface area (Å²) in [4.78, 5) is 8.73. The van der Waals surface area contributed by atoms with Crippen LogP contribution >= 0.6 is 0 Å². The van der Waals surface area contributed by atoms with Gasteiger partial charge in [0.25, 0.3) is 0 Å². The zero-order chi connectivity index (χ0) is 12.1. The summed E-state index contributed by atoms with van der Waals surface area (Å²) in [6.45, 7) is 2.75. The maximum Gasteiger partial charge on any atom is 0.132 e. The molecule has 17 heavy (non-hydrogen) atoms. The number of nitrogens with zero attached hydrogens (tertiary/aromatic N) is 2. The van der Waals surface area contributed by atoms with E-state index in [1.165, 1.54) is 11.1 Å². The molecule has 0 atom stereocenters. The topological polar surface area (TPSA) is 51.8 Å². The number of hydrogen-bond acceptors (Lipinski definition) is 3. The van der Waals surface area contributed by atoms with Crippen LogP contribution in [-0.2, 0) is 12.8 Å². The molecule has 2 aromatic rings. The Bertz CT molecular complexity index is 477. The minimum Gasteiger partial charge on any atom is -0.330 e. The van der Waals surface area contributed by atoms with Crippen molar-refractivity contribution in [3.63, 3.8) is 0 Å². The summed E-state index contributed by atoms with van der Waals surface area (Å²) in [6.07, 6.45) is 5.36. The molecule has 3 nitrogen and oxygen atoms in total. The van der Waals surface area contributed by atoms with E-state index in [-0.39, 0.29) is 0 Å². The van der Waals surface area contributed by atoms with Crippen molar-refractivity contribution in [3.05, 3.63) is 59.2 Å². The van der Waals surface area contributed by atoms with Crippen molar-refractivity contribution in [1.82, 2.24) is 9.97 Å². The first kappa shape index (κ1) is 11.7. The maximum absolute atomic E-state index is 5.49. The first-order valence-electron chi connectivity index (χ1n) is 5.84. The van der Waals surface area contributed by atoms with E-state index in [9.17, 15) is 0 Å². The van der Waals surface area contributed by atoms with Crippen molar-refractivity contribution in [2.24, 2.45) is 5.73 Å². The molecule has 0 fully saturated rings. The van der Waals surface area contributed by atoms with Crippen LogP contribution in [0, 0.1) is 6.92 Å². The van der Waals surface area contributed by atoms with E-state index in [1.54, 1.807) is 0 Å².